The van der Waals surface area contributed by atoms with E-state index in [1.165, 1.54) is 0 Å². The van der Waals surface area contributed by atoms with Crippen LogP contribution in [0.4, 0.5) is 5.69 Å². The molecular weight excluding hydrogens is 272 g/mol. The summed E-state index contributed by atoms with van der Waals surface area (Å²) in [5.41, 5.74) is 7.78. The van der Waals surface area contributed by atoms with Crippen LogP contribution in [0.3, 0.4) is 0 Å². The van der Waals surface area contributed by atoms with Gasteiger partial charge >= 0.3 is 0 Å². The van der Waals surface area contributed by atoms with Gasteiger partial charge in [0.25, 0.3) is 10.0 Å². The van der Waals surface area contributed by atoms with Crippen molar-refractivity contribution in [1.29, 1.82) is 0 Å². The molecule has 0 bridgehead atoms. The molecule has 2 rings (SSSR count). The molecule has 0 spiro atoms. The lowest BCUT2D eigenvalue weighted by Gasteiger charge is -2.13. The van der Waals surface area contributed by atoms with Crippen molar-refractivity contribution in [3.05, 3.63) is 59.7 Å². The standard InChI is InChI=1S/C15H18N2O2S/c1-2-12-7-3-5-9-14(12)17-20(18,19)15-10-6-4-8-13(15)11-16/h3-10,17H,2,11,16H2,1H3. The van der Waals surface area contributed by atoms with Crippen LogP contribution >= 0.6 is 0 Å². The molecule has 0 heterocycles. The summed E-state index contributed by atoms with van der Waals surface area (Å²) in [5.74, 6) is 0. The van der Waals surface area contributed by atoms with Gasteiger partial charge in [-0.1, -0.05) is 43.3 Å². The molecule has 20 heavy (non-hydrogen) atoms. The van der Waals surface area contributed by atoms with Crippen molar-refractivity contribution in [1.82, 2.24) is 0 Å². The number of rotatable bonds is 5. The molecule has 0 amide bonds. The van der Waals surface area contributed by atoms with Crippen LogP contribution in [0.2, 0.25) is 0 Å². The fourth-order valence-corrected chi connectivity index (χ4v) is 3.42. The zero-order chi connectivity index (χ0) is 14.6. The fraction of sp³-hybridized carbons (Fsp3) is 0.200. The molecule has 0 aromatic heterocycles. The van der Waals surface area contributed by atoms with E-state index in [9.17, 15) is 8.42 Å². The van der Waals surface area contributed by atoms with Gasteiger partial charge in [0.1, 0.15) is 0 Å². The van der Waals surface area contributed by atoms with Crippen molar-refractivity contribution >= 4 is 15.7 Å². The predicted molar refractivity (Wildman–Crippen MR) is 81.0 cm³/mol. The van der Waals surface area contributed by atoms with Crippen molar-refractivity contribution in [2.45, 2.75) is 24.8 Å². The van der Waals surface area contributed by atoms with Crippen molar-refractivity contribution in [2.75, 3.05) is 4.72 Å². The van der Waals surface area contributed by atoms with Crippen molar-refractivity contribution < 1.29 is 8.42 Å². The molecule has 4 nitrogen and oxygen atoms in total. The highest BCUT2D eigenvalue weighted by Gasteiger charge is 2.18. The number of nitrogens with one attached hydrogen (secondary N) is 1. The van der Waals surface area contributed by atoms with Gasteiger partial charge in [0.15, 0.2) is 0 Å². The van der Waals surface area contributed by atoms with Crippen LogP contribution in [0.25, 0.3) is 0 Å². The Labute approximate surface area is 119 Å². The third-order valence-electron chi connectivity index (χ3n) is 3.12. The van der Waals surface area contributed by atoms with E-state index in [0.29, 0.717) is 11.3 Å². The maximum Gasteiger partial charge on any atom is 0.262 e. The Morgan fingerprint density at radius 2 is 1.60 bits per heavy atom. The Hall–Kier alpha value is -1.85. The topological polar surface area (TPSA) is 72.2 Å². The van der Waals surface area contributed by atoms with Crippen LogP contribution in [0.1, 0.15) is 18.1 Å². The lowest BCUT2D eigenvalue weighted by Crippen LogP contribution is -2.17. The van der Waals surface area contributed by atoms with Crippen LogP contribution < -0.4 is 10.5 Å². The van der Waals surface area contributed by atoms with Crippen LogP contribution in [0.15, 0.2) is 53.4 Å². The van der Waals surface area contributed by atoms with Gasteiger partial charge in [-0.05, 0) is 29.7 Å². The zero-order valence-electron chi connectivity index (χ0n) is 11.3. The largest absolute Gasteiger partial charge is 0.326 e. The molecule has 0 aliphatic heterocycles. The van der Waals surface area contributed by atoms with E-state index >= 15 is 0 Å². The summed E-state index contributed by atoms with van der Waals surface area (Å²) in [6.07, 6.45) is 0.761. The van der Waals surface area contributed by atoms with Gasteiger partial charge in [-0.2, -0.15) is 0 Å². The second kappa shape index (κ2) is 6.07. The summed E-state index contributed by atoms with van der Waals surface area (Å²) in [4.78, 5) is 0.230. The molecule has 2 aromatic rings. The van der Waals surface area contributed by atoms with Crippen molar-refractivity contribution in [3.63, 3.8) is 0 Å². The van der Waals surface area contributed by atoms with Gasteiger partial charge in [0.2, 0.25) is 0 Å². The molecule has 0 saturated carbocycles. The van der Waals surface area contributed by atoms with E-state index in [1.54, 1.807) is 30.3 Å². The third kappa shape index (κ3) is 3.00. The Morgan fingerprint density at radius 1 is 1.00 bits per heavy atom. The minimum atomic E-state index is -3.62. The number of anilines is 1. The van der Waals surface area contributed by atoms with E-state index in [1.807, 2.05) is 25.1 Å². The Bertz CT molecular complexity index is 697. The van der Waals surface area contributed by atoms with Gasteiger partial charge in [-0.3, -0.25) is 4.72 Å². The monoisotopic (exact) mass is 290 g/mol. The molecule has 0 unspecified atom stereocenters. The first kappa shape index (κ1) is 14.6. The second-order valence-corrected chi connectivity index (χ2v) is 6.08. The average molecular weight is 290 g/mol. The number of benzene rings is 2. The predicted octanol–water partition coefficient (Wildman–Crippen LogP) is 2.51. The summed E-state index contributed by atoms with van der Waals surface area (Å²) in [7, 11) is -3.62. The number of hydrogen-bond donors (Lipinski definition) is 2. The highest BCUT2D eigenvalue weighted by atomic mass is 32.2. The Kier molecular flexibility index (Phi) is 4.42. The second-order valence-electron chi connectivity index (χ2n) is 4.43. The first-order valence-electron chi connectivity index (χ1n) is 6.47. The molecule has 0 radical (unpaired) electrons. The molecule has 0 saturated heterocycles. The van der Waals surface area contributed by atoms with Gasteiger partial charge in [0, 0.05) is 6.54 Å². The minimum Gasteiger partial charge on any atom is -0.326 e. The molecule has 0 fully saturated rings. The summed E-state index contributed by atoms with van der Waals surface area (Å²) in [5, 5.41) is 0. The molecule has 0 aliphatic carbocycles. The maximum absolute atomic E-state index is 12.5. The van der Waals surface area contributed by atoms with Crippen LogP contribution in [-0.2, 0) is 23.0 Å². The van der Waals surface area contributed by atoms with Gasteiger partial charge in [-0.15, -0.1) is 0 Å². The van der Waals surface area contributed by atoms with Crippen molar-refractivity contribution in [2.24, 2.45) is 5.73 Å². The number of aryl methyl sites for hydroxylation is 1. The van der Waals surface area contributed by atoms with Crippen LogP contribution in [0.5, 0.6) is 0 Å². The summed E-state index contributed by atoms with van der Waals surface area (Å²) in [6.45, 7) is 2.17. The van der Waals surface area contributed by atoms with E-state index in [0.717, 1.165) is 12.0 Å². The minimum absolute atomic E-state index is 0.187. The van der Waals surface area contributed by atoms with Gasteiger partial charge in [-0.25, -0.2) is 8.42 Å². The molecule has 0 aliphatic rings. The highest BCUT2D eigenvalue weighted by Crippen LogP contribution is 2.22. The SMILES string of the molecule is CCc1ccccc1NS(=O)(=O)c1ccccc1CN. The van der Waals surface area contributed by atoms with Gasteiger partial charge < -0.3 is 5.73 Å². The van der Waals surface area contributed by atoms with Crippen LogP contribution in [-0.4, -0.2) is 8.42 Å². The summed E-state index contributed by atoms with van der Waals surface area (Å²) < 4.78 is 27.6. The van der Waals surface area contributed by atoms with E-state index in [4.69, 9.17) is 5.73 Å². The van der Waals surface area contributed by atoms with E-state index < -0.39 is 10.0 Å². The first-order chi connectivity index (χ1) is 9.58. The zero-order valence-corrected chi connectivity index (χ0v) is 12.2. The Morgan fingerprint density at radius 3 is 2.25 bits per heavy atom. The van der Waals surface area contributed by atoms with Gasteiger partial charge in [0.05, 0.1) is 10.6 Å². The number of para-hydroxylation sites is 1. The van der Waals surface area contributed by atoms with Crippen molar-refractivity contribution in [3.8, 4) is 0 Å². The van der Waals surface area contributed by atoms with E-state index in [2.05, 4.69) is 4.72 Å². The smallest absolute Gasteiger partial charge is 0.262 e. The first-order valence-corrected chi connectivity index (χ1v) is 7.95. The number of nitrogens with two attached hydrogens (primary N) is 1. The Balaban J connectivity index is 2.41. The maximum atomic E-state index is 12.5. The quantitative estimate of drug-likeness (QED) is 0.888. The third-order valence-corrected chi connectivity index (χ3v) is 4.59. The lowest BCUT2D eigenvalue weighted by atomic mass is 10.1. The number of hydrogen-bond acceptors (Lipinski definition) is 3. The molecule has 2 aromatic carbocycles. The average Bonchev–Trinajstić information content (AvgIpc) is 2.47. The molecular formula is C15H18N2O2S. The molecule has 106 valence electrons. The van der Waals surface area contributed by atoms with E-state index in [-0.39, 0.29) is 11.4 Å². The molecule has 5 heteroatoms. The number of sulfonamides is 1. The highest BCUT2D eigenvalue weighted by molar-refractivity contribution is 7.92. The summed E-state index contributed by atoms with van der Waals surface area (Å²) in [6, 6.07) is 14.1. The normalized spacial score (nSPS) is 11.3. The lowest BCUT2D eigenvalue weighted by molar-refractivity contribution is 0.600. The molecule has 0 atom stereocenters. The fourth-order valence-electron chi connectivity index (χ4n) is 2.06. The molecule has 3 N–H and O–H groups in total. The summed E-state index contributed by atoms with van der Waals surface area (Å²) >= 11 is 0. The van der Waals surface area contributed by atoms with Crippen LogP contribution in [0, 0.1) is 0 Å².